The maximum atomic E-state index is 11.9. The van der Waals surface area contributed by atoms with Crippen LogP contribution in [0.5, 0.6) is 5.75 Å². The average Bonchev–Trinajstić information content (AvgIpc) is 2.90. The van der Waals surface area contributed by atoms with Gasteiger partial charge in [0.2, 0.25) is 11.8 Å². The van der Waals surface area contributed by atoms with E-state index in [0.717, 1.165) is 11.3 Å². The van der Waals surface area contributed by atoms with E-state index in [-0.39, 0.29) is 24.2 Å². The van der Waals surface area contributed by atoms with E-state index in [1.165, 1.54) is 0 Å². The Labute approximate surface area is 141 Å². The van der Waals surface area contributed by atoms with Gasteiger partial charge in [0.25, 0.3) is 0 Å². The van der Waals surface area contributed by atoms with Gasteiger partial charge in [-0.2, -0.15) is 0 Å². The number of hydrogen-bond acceptors (Lipinski definition) is 5. The molecule has 4 N–H and O–H groups in total. The van der Waals surface area contributed by atoms with Crippen LogP contribution >= 0.6 is 0 Å². The van der Waals surface area contributed by atoms with Crippen LogP contribution in [0.15, 0.2) is 43.1 Å². The average molecular weight is 330 g/mol. The highest BCUT2D eigenvalue weighted by atomic mass is 16.5. The molecule has 0 bridgehead atoms. The molecule has 1 aromatic carbocycles. The summed E-state index contributed by atoms with van der Waals surface area (Å²) in [5, 5.41) is 0. The summed E-state index contributed by atoms with van der Waals surface area (Å²) in [6.45, 7) is 10.1. The molecule has 1 aromatic rings. The van der Waals surface area contributed by atoms with Crippen molar-refractivity contribution in [1.29, 1.82) is 0 Å². The normalized spacial score (nSPS) is 16.1. The van der Waals surface area contributed by atoms with E-state index in [4.69, 9.17) is 4.74 Å². The van der Waals surface area contributed by atoms with Gasteiger partial charge in [0, 0.05) is 12.1 Å². The summed E-state index contributed by atoms with van der Waals surface area (Å²) in [5.41, 5.74) is 12.5. The fraction of sp³-hybridized carbons (Fsp3) is 0.294. The van der Waals surface area contributed by atoms with Crippen LogP contribution in [0.4, 0.5) is 0 Å². The first-order valence-electron chi connectivity index (χ1n) is 7.73. The molecular formula is C17H22N4O3. The van der Waals surface area contributed by atoms with Gasteiger partial charge in [0.15, 0.2) is 0 Å². The molecule has 1 saturated heterocycles. The molecule has 1 fully saturated rings. The van der Waals surface area contributed by atoms with Crippen molar-refractivity contribution >= 4 is 17.5 Å². The number of rotatable bonds is 8. The smallest absolute Gasteiger partial charge is 0.247 e. The lowest BCUT2D eigenvalue weighted by atomic mass is 10.0. The number of hydrazine groups is 2. The van der Waals surface area contributed by atoms with E-state index in [1.807, 2.05) is 31.2 Å². The van der Waals surface area contributed by atoms with Gasteiger partial charge >= 0.3 is 0 Å². The molecular weight excluding hydrogens is 308 g/mol. The van der Waals surface area contributed by atoms with Crippen molar-refractivity contribution in [3.05, 3.63) is 48.7 Å². The van der Waals surface area contributed by atoms with E-state index in [1.54, 1.807) is 0 Å². The summed E-state index contributed by atoms with van der Waals surface area (Å²) in [6.07, 6.45) is 0.586. The van der Waals surface area contributed by atoms with E-state index in [2.05, 4.69) is 34.9 Å². The van der Waals surface area contributed by atoms with Crippen molar-refractivity contribution in [3.8, 4) is 5.75 Å². The highest BCUT2D eigenvalue weighted by molar-refractivity contribution is 5.84. The van der Waals surface area contributed by atoms with Gasteiger partial charge in [-0.25, -0.2) is 0 Å². The van der Waals surface area contributed by atoms with Crippen LogP contribution in [0.25, 0.3) is 5.70 Å². The number of carbonyl (C=O) groups excluding carboxylic acids is 2. The Morgan fingerprint density at radius 2 is 1.96 bits per heavy atom. The number of hydrogen-bond donors (Lipinski definition) is 4. The van der Waals surface area contributed by atoms with Crippen LogP contribution in [0, 0.1) is 5.92 Å². The van der Waals surface area contributed by atoms with Gasteiger partial charge in [-0.3, -0.25) is 25.9 Å². The second-order valence-corrected chi connectivity index (χ2v) is 5.34. The summed E-state index contributed by atoms with van der Waals surface area (Å²) < 4.78 is 5.37. The van der Waals surface area contributed by atoms with Crippen LogP contribution in [-0.2, 0) is 9.59 Å². The van der Waals surface area contributed by atoms with Crippen molar-refractivity contribution < 1.29 is 14.3 Å². The third kappa shape index (κ3) is 4.52. The van der Waals surface area contributed by atoms with Crippen LogP contribution in [-0.4, -0.2) is 18.4 Å². The zero-order valence-corrected chi connectivity index (χ0v) is 13.6. The molecule has 1 heterocycles. The highest BCUT2D eigenvalue weighted by Gasteiger charge is 2.28. The molecule has 2 amide bonds. The zero-order valence-electron chi connectivity index (χ0n) is 13.6. The summed E-state index contributed by atoms with van der Waals surface area (Å²) in [6, 6.07) is 7.38. The second kappa shape index (κ2) is 8.05. The Balaban J connectivity index is 1.75. The minimum absolute atomic E-state index is 0.167. The lowest BCUT2D eigenvalue weighted by Crippen LogP contribution is -2.36. The monoisotopic (exact) mass is 330 g/mol. The molecule has 24 heavy (non-hydrogen) atoms. The van der Waals surface area contributed by atoms with Gasteiger partial charge in [-0.05, 0) is 43.2 Å². The first-order chi connectivity index (χ1) is 11.5. The maximum absolute atomic E-state index is 11.9. The lowest BCUT2D eigenvalue weighted by molar-refractivity contribution is -0.123. The largest absolute Gasteiger partial charge is 0.494 e. The minimum Gasteiger partial charge on any atom is -0.494 e. The van der Waals surface area contributed by atoms with E-state index in [0.29, 0.717) is 24.4 Å². The molecule has 1 aliphatic heterocycles. The standard InChI is InChI=1S/C17H22N4O3/c1-4-24-14-7-5-13(6-8-14)11(2)18-20-16(22)10-9-15-12(3)19-21-17(15)23/h5-8,15,18-19H,2-4,9-10H2,1H3,(H,20,22)(H,21,23). The SMILES string of the molecule is C=C(NNC(=O)CCC1C(=C)NNC1=O)c1ccc(OCC)cc1. The quantitative estimate of drug-likeness (QED) is 0.538. The molecule has 0 spiro atoms. The first kappa shape index (κ1) is 17.4. The molecule has 1 unspecified atom stereocenters. The van der Waals surface area contributed by atoms with Gasteiger partial charge in [0.1, 0.15) is 5.75 Å². The summed E-state index contributed by atoms with van der Waals surface area (Å²) in [5.74, 6) is 0.000898. The maximum Gasteiger partial charge on any atom is 0.247 e. The van der Waals surface area contributed by atoms with Crippen molar-refractivity contribution in [1.82, 2.24) is 21.7 Å². The Kier molecular flexibility index (Phi) is 5.83. The van der Waals surface area contributed by atoms with Crippen LogP contribution in [0.1, 0.15) is 25.3 Å². The Morgan fingerprint density at radius 3 is 2.54 bits per heavy atom. The van der Waals surface area contributed by atoms with Gasteiger partial charge < -0.3 is 10.2 Å². The van der Waals surface area contributed by atoms with Crippen LogP contribution in [0.2, 0.25) is 0 Å². The predicted molar refractivity (Wildman–Crippen MR) is 91.1 cm³/mol. The molecule has 128 valence electrons. The third-order valence-electron chi connectivity index (χ3n) is 3.61. The van der Waals surface area contributed by atoms with Crippen LogP contribution < -0.4 is 26.4 Å². The Morgan fingerprint density at radius 1 is 1.25 bits per heavy atom. The van der Waals surface area contributed by atoms with Crippen molar-refractivity contribution in [2.45, 2.75) is 19.8 Å². The molecule has 2 rings (SSSR count). The summed E-state index contributed by atoms with van der Waals surface area (Å²) in [4.78, 5) is 23.4. The van der Waals surface area contributed by atoms with Crippen molar-refractivity contribution in [3.63, 3.8) is 0 Å². The lowest BCUT2D eigenvalue weighted by Gasteiger charge is -2.12. The van der Waals surface area contributed by atoms with Crippen molar-refractivity contribution in [2.75, 3.05) is 6.61 Å². The topological polar surface area (TPSA) is 91.5 Å². The molecule has 1 atom stereocenters. The molecule has 7 nitrogen and oxygen atoms in total. The zero-order chi connectivity index (χ0) is 17.5. The molecule has 0 aromatic heterocycles. The highest BCUT2D eigenvalue weighted by Crippen LogP contribution is 2.18. The number of ether oxygens (including phenoxy) is 1. The van der Waals surface area contributed by atoms with E-state index in [9.17, 15) is 9.59 Å². The number of amides is 2. The Bertz CT molecular complexity index is 624. The van der Waals surface area contributed by atoms with Crippen molar-refractivity contribution in [2.24, 2.45) is 5.92 Å². The number of carbonyl (C=O) groups is 2. The molecule has 0 aliphatic carbocycles. The van der Waals surface area contributed by atoms with Crippen LogP contribution in [0.3, 0.4) is 0 Å². The number of benzene rings is 1. The third-order valence-corrected chi connectivity index (χ3v) is 3.61. The molecule has 1 aliphatic rings. The fourth-order valence-corrected chi connectivity index (χ4v) is 2.25. The fourth-order valence-electron chi connectivity index (χ4n) is 2.25. The van der Waals surface area contributed by atoms with Gasteiger partial charge in [0.05, 0.1) is 18.2 Å². The Hall–Kier alpha value is -2.96. The molecule has 7 heteroatoms. The van der Waals surface area contributed by atoms with E-state index < -0.39 is 0 Å². The number of nitrogens with one attached hydrogen (secondary N) is 4. The predicted octanol–water partition coefficient (Wildman–Crippen LogP) is 1.22. The summed E-state index contributed by atoms with van der Waals surface area (Å²) >= 11 is 0. The summed E-state index contributed by atoms with van der Waals surface area (Å²) in [7, 11) is 0. The first-order valence-corrected chi connectivity index (χ1v) is 7.73. The second-order valence-electron chi connectivity index (χ2n) is 5.34. The minimum atomic E-state index is -0.384. The van der Waals surface area contributed by atoms with Gasteiger partial charge in [-0.15, -0.1) is 0 Å². The molecule has 0 radical (unpaired) electrons. The van der Waals surface area contributed by atoms with Gasteiger partial charge in [-0.1, -0.05) is 13.2 Å². The molecule has 0 saturated carbocycles. The van der Waals surface area contributed by atoms with E-state index >= 15 is 0 Å².